The van der Waals surface area contributed by atoms with Gasteiger partial charge in [0.25, 0.3) is 0 Å². The van der Waals surface area contributed by atoms with E-state index in [0.29, 0.717) is 0 Å². The molecule has 0 aromatic heterocycles. The molecule has 1 atom stereocenters. The number of amidine groups is 1. The SMILES string of the molecule is CC1=CN=C(N2CCNCC2)C(C2CC2)C1. The quantitative estimate of drug-likeness (QED) is 0.726. The predicted octanol–water partition coefficient (Wildman–Crippen LogP) is 1.62. The highest BCUT2D eigenvalue weighted by Gasteiger charge is 2.37. The average Bonchev–Trinajstić information content (AvgIpc) is 3.14. The van der Waals surface area contributed by atoms with Gasteiger partial charge in [-0.05, 0) is 32.1 Å². The third kappa shape index (κ3) is 2.01. The molecule has 3 aliphatic rings. The first-order valence-electron chi connectivity index (χ1n) is 6.53. The molecule has 2 fully saturated rings. The van der Waals surface area contributed by atoms with Gasteiger partial charge in [0.2, 0.25) is 0 Å². The predicted molar refractivity (Wildman–Crippen MR) is 66.5 cm³/mol. The summed E-state index contributed by atoms with van der Waals surface area (Å²) in [6.45, 7) is 6.70. The van der Waals surface area contributed by atoms with Crippen LogP contribution < -0.4 is 5.32 Å². The summed E-state index contributed by atoms with van der Waals surface area (Å²) in [6.07, 6.45) is 6.16. The van der Waals surface area contributed by atoms with Gasteiger partial charge in [0, 0.05) is 38.3 Å². The van der Waals surface area contributed by atoms with Gasteiger partial charge in [0.1, 0.15) is 5.84 Å². The molecule has 3 heteroatoms. The van der Waals surface area contributed by atoms with Crippen LogP contribution in [0.15, 0.2) is 16.8 Å². The van der Waals surface area contributed by atoms with Gasteiger partial charge in [0.05, 0.1) is 0 Å². The minimum atomic E-state index is 0.725. The molecular weight excluding hydrogens is 198 g/mol. The van der Waals surface area contributed by atoms with Crippen LogP contribution in [0, 0.1) is 11.8 Å². The van der Waals surface area contributed by atoms with E-state index in [1.807, 2.05) is 0 Å². The van der Waals surface area contributed by atoms with Crippen molar-refractivity contribution in [2.24, 2.45) is 16.8 Å². The number of aliphatic imine (C=N–C) groups is 1. The van der Waals surface area contributed by atoms with Crippen molar-refractivity contribution in [3.63, 3.8) is 0 Å². The summed E-state index contributed by atoms with van der Waals surface area (Å²) < 4.78 is 0. The highest BCUT2D eigenvalue weighted by atomic mass is 15.2. The van der Waals surface area contributed by atoms with Crippen LogP contribution in [0.2, 0.25) is 0 Å². The smallest absolute Gasteiger partial charge is 0.108 e. The number of nitrogens with zero attached hydrogens (tertiary/aromatic N) is 2. The van der Waals surface area contributed by atoms with Crippen LogP contribution in [0.4, 0.5) is 0 Å². The first kappa shape index (κ1) is 10.3. The van der Waals surface area contributed by atoms with Crippen molar-refractivity contribution in [3.05, 3.63) is 11.8 Å². The van der Waals surface area contributed by atoms with Gasteiger partial charge in [-0.1, -0.05) is 5.57 Å². The maximum atomic E-state index is 4.73. The summed E-state index contributed by atoms with van der Waals surface area (Å²) in [6, 6.07) is 0. The van der Waals surface area contributed by atoms with E-state index in [0.717, 1.165) is 38.0 Å². The Morgan fingerprint density at radius 1 is 1.31 bits per heavy atom. The number of piperazine rings is 1. The summed E-state index contributed by atoms with van der Waals surface area (Å²) in [5, 5.41) is 3.41. The van der Waals surface area contributed by atoms with E-state index >= 15 is 0 Å². The molecule has 1 N–H and O–H groups in total. The van der Waals surface area contributed by atoms with E-state index in [1.54, 1.807) is 0 Å². The zero-order valence-electron chi connectivity index (χ0n) is 10.1. The second-order valence-electron chi connectivity index (χ2n) is 5.35. The summed E-state index contributed by atoms with van der Waals surface area (Å²) in [5.74, 6) is 3.04. The van der Waals surface area contributed by atoms with Gasteiger partial charge in [0.15, 0.2) is 0 Å². The van der Waals surface area contributed by atoms with Crippen molar-refractivity contribution in [1.29, 1.82) is 0 Å². The molecule has 88 valence electrons. The Balaban J connectivity index is 1.78. The lowest BCUT2D eigenvalue weighted by molar-refractivity contribution is 0.332. The highest BCUT2D eigenvalue weighted by Crippen LogP contribution is 2.42. The normalized spacial score (nSPS) is 31.1. The van der Waals surface area contributed by atoms with Crippen LogP contribution in [0.25, 0.3) is 0 Å². The van der Waals surface area contributed by atoms with Crippen LogP contribution in [0.5, 0.6) is 0 Å². The van der Waals surface area contributed by atoms with E-state index in [1.165, 1.54) is 30.7 Å². The Kier molecular flexibility index (Phi) is 2.72. The zero-order chi connectivity index (χ0) is 11.0. The monoisotopic (exact) mass is 219 g/mol. The molecule has 0 spiro atoms. The number of allylic oxidation sites excluding steroid dienone is 1. The second kappa shape index (κ2) is 4.21. The maximum Gasteiger partial charge on any atom is 0.108 e. The summed E-state index contributed by atoms with van der Waals surface area (Å²) in [4.78, 5) is 7.23. The van der Waals surface area contributed by atoms with E-state index in [2.05, 4.69) is 23.3 Å². The Morgan fingerprint density at radius 3 is 2.75 bits per heavy atom. The van der Waals surface area contributed by atoms with Crippen LogP contribution in [0.3, 0.4) is 0 Å². The molecule has 0 radical (unpaired) electrons. The van der Waals surface area contributed by atoms with Crippen LogP contribution in [0.1, 0.15) is 26.2 Å². The molecule has 3 rings (SSSR count). The van der Waals surface area contributed by atoms with Crippen molar-refractivity contribution < 1.29 is 0 Å². The topological polar surface area (TPSA) is 27.6 Å². The fourth-order valence-corrected chi connectivity index (χ4v) is 2.85. The fourth-order valence-electron chi connectivity index (χ4n) is 2.85. The first-order valence-corrected chi connectivity index (χ1v) is 6.53. The number of rotatable bonds is 1. The van der Waals surface area contributed by atoms with E-state index in [9.17, 15) is 0 Å². The summed E-state index contributed by atoms with van der Waals surface area (Å²) in [5.41, 5.74) is 1.45. The highest BCUT2D eigenvalue weighted by molar-refractivity contribution is 5.87. The molecule has 1 saturated heterocycles. The number of hydrogen-bond acceptors (Lipinski definition) is 3. The van der Waals surface area contributed by atoms with Crippen LogP contribution in [-0.2, 0) is 0 Å². The van der Waals surface area contributed by atoms with Gasteiger partial charge in [-0.3, -0.25) is 0 Å². The Bertz CT molecular complexity index is 322. The molecule has 0 aromatic carbocycles. The Morgan fingerprint density at radius 2 is 2.06 bits per heavy atom. The molecule has 2 heterocycles. The van der Waals surface area contributed by atoms with Gasteiger partial charge < -0.3 is 10.2 Å². The minimum absolute atomic E-state index is 0.725. The molecule has 0 aromatic rings. The molecule has 16 heavy (non-hydrogen) atoms. The molecule has 1 aliphatic carbocycles. The maximum absolute atomic E-state index is 4.73. The third-order valence-electron chi connectivity index (χ3n) is 3.92. The molecular formula is C13H21N3. The molecule has 2 aliphatic heterocycles. The van der Waals surface area contributed by atoms with Crippen LogP contribution in [-0.4, -0.2) is 36.9 Å². The van der Waals surface area contributed by atoms with E-state index in [4.69, 9.17) is 4.99 Å². The third-order valence-corrected chi connectivity index (χ3v) is 3.92. The Labute approximate surface area is 97.6 Å². The molecule has 0 bridgehead atoms. The number of hydrogen-bond donors (Lipinski definition) is 1. The summed E-state index contributed by atoms with van der Waals surface area (Å²) >= 11 is 0. The number of nitrogens with one attached hydrogen (secondary N) is 1. The van der Waals surface area contributed by atoms with Crippen LogP contribution >= 0.6 is 0 Å². The van der Waals surface area contributed by atoms with Gasteiger partial charge in [-0.15, -0.1) is 0 Å². The Hall–Kier alpha value is -0.830. The lowest BCUT2D eigenvalue weighted by atomic mass is 9.91. The van der Waals surface area contributed by atoms with Crippen molar-refractivity contribution in [2.45, 2.75) is 26.2 Å². The molecule has 1 unspecified atom stereocenters. The summed E-state index contributed by atoms with van der Waals surface area (Å²) in [7, 11) is 0. The molecule has 1 saturated carbocycles. The lowest BCUT2D eigenvalue weighted by Crippen LogP contribution is -2.49. The van der Waals surface area contributed by atoms with E-state index < -0.39 is 0 Å². The molecule has 3 nitrogen and oxygen atoms in total. The zero-order valence-corrected chi connectivity index (χ0v) is 10.1. The minimum Gasteiger partial charge on any atom is -0.357 e. The van der Waals surface area contributed by atoms with Crippen molar-refractivity contribution in [3.8, 4) is 0 Å². The van der Waals surface area contributed by atoms with Gasteiger partial charge in [-0.2, -0.15) is 0 Å². The average molecular weight is 219 g/mol. The lowest BCUT2D eigenvalue weighted by Gasteiger charge is -2.35. The largest absolute Gasteiger partial charge is 0.357 e. The van der Waals surface area contributed by atoms with Gasteiger partial charge >= 0.3 is 0 Å². The van der Waals surface area contributed by atoms with Gasteiger partial charge in [-0.25, -0.2) is 4.99 Å². The fraction of sp³-hybridized carbons (Fsp3) is 0.769. The first-order chi connectivity index (χ1) is 7.84. The van der Waals surface area contributed by atoms with Crippen molar-refractivity contribution in [1.82, 2.24) is 10.2 Å². The second-order valence-corrected chi connectivity index (χ2v) is 5.35. The van der Waals surface area contributed by atoms with Crippen molar-refractivity contribution >= 4 is 5.84 Å². The standard InChI is InChI=1S/C13H21N3/c1-10-8-12(11-2-3-11)13(15-9-10)16-6-4-14-5-7-16/h9,11-12,14H,2-8H2,1H3. The molecule has 0 amide bonds. The van der Waals surface area contributed by atoms with E-state index in [-0.39, 0.29) is 0 Å². The van der Waals surface area contributed by atoms with Crippen molar-refractivity contribution in [2.75, 3.05) is 26.2 Å².